The smallest absolute Gasteiger partial charge is 0.488 e. The molecule has 0 atom stereocenters. The molecule has 0 aliphatic rings. The third kappa shape index (κ3) is 3.24. The van der Waals surface area contributed by atoms with Crippen LogP contribution >= 0.6 is 0 Å². The Morgan fingerprint density at radius 1 is 1.12 bits per heavy atom. The summed E-state index contributed by atoms with van der Waals surface area (Å²) in [7, 11) is 0.00696. The van der Waals surface area contributed by atoms with Gasteiger partial charge in [0.05, 0.1) is 12.6 Å². The highest BCUT2D eigenvalue weighted by Gasteiger charge is 2.11. The number of phenols is 1. The van der Waals surface area contributed by atoms with E-state index >= 15 is 0 Å². The lowest BCUT2D eigenvalue weighted by atomic mass is 9.80. The van der Waals surface area contributed by atoms with E-state index in [1.165, 1.54) is 19.5 Å². The van der Waals surface area contributed by atoms with Crippen LogP contribution in [-0.4, -0.2) is 39.4 Å². The van der Waals surface area contributed by atoms with E-state index < -0.39 is 7.12 Å². The summed E-state index contributed by atoms with van der Waals surface area (Å²) in [4.78, 5) is 8.38. The molecule has 1 heterocycles. The zero-order valence-corrected chi connectivity index (χ0v) is 13.0. The summed E-state index contributed by atoms with van der Waals surface area (Å²) < 4.78 is 5.13. The van der Waals surface area contributed by atoms with E-state index in [0.717, 1.165) is 10.9 Å². The SMILES string of the molecule is COc1cc2c(NCc3ccc(B(O)O)cc3)ncnc2cc1O. The summed E-state index contributed by atoms with van der Waals surface area (Å²) in [5.74, 6) is 0.985. The van der Waals surface area contributed by atoms with Crippen LogP contribution in [0.4, 0.5) is 5.82 Å². The van der Waals surface area contributed by atoms with Crippen molar-refractivity contribution in [3.63, 3.8) is 0 Å². The first-order valence-electron chi connectivity index (χ1n) is 7.29. The molecule has 8 heteroatoms. The fourth-order valence-corrected chi connectivity index (χ4v) is 2.37. The highest BCUT2D eigenvalue weighted by Crippen LogP contribution is 2.32. The minimum atomic E-state index is -1.47. The quantitative estimate of drug-likeness (QED) is 0.510. The Hall–Kier alpha value is -2.84. The molecule has 0 spiro atoms. The van der Waals surface area contributed by atoms with Crippen LogP contribution in [-0.2, 0) is 6.54 Å². The lowest BCUT2D eigenvalue weighted by molar-refractivity contribution is 0.374. The lowest BCUT2D eigenvalue weighted by Crippen LogP contribution is -2.29. The number of ether oxygens (including phenoxy) is 1. The van der Waals surface area contributed by atoms with Gasteiger partial charge in [0.15, 0.2) is 11.5 Å². The van der Waals surface area contributed by atoms with Crippen LogP contribution in [0.15, 0.2) is 42.7 Å². The number of nitrogens with one attached hydrogen (secondary N) is 1. The first-order chi connectivity index (χ1) is 11.6. The van der Waals surface area contributed by atoms with E-state index in [-0.39, 0.29) is 5.75 Å². The van der Waals surface area contributed by atoms with Gasteiger partial charge in [-0.1, -0.05) is 24.3 Å². The van der Waals surface area contributed by atoms with E-state index in [1.807, 2.05) is 0 Å². The maximum Gasteiger partial charge on any atom is 0.488 e. The van der Waals surface area contributed by atoms with Gasteiger partial charge in [-0.25, -0.2) is 9.97 Å². The maximum atomic E-state index is 9.83. The van der Waals surface area contributed by atoms with Gasteiger partial charge in [0, 0.05) is 18.0 Å². The second-order valence-electron chi connectivity index (χ2n) is 5.23. The van der Waals surface area contributed by atoms with E-state index in [2.05, 4.69) is 15.3 Å². The molecule has 4 N–H and O–H groups in total. The monoisotopic (exact) mass is 325 g/mol. The van der Waals surface area contributed by atoms with Crippen molar-refractivity contribution in [1.82, 2.24) is 9.97 Å². The molecule has 0 aliphatic carbocycles. The maximum absolute atomic E-state index is 9.83. The molecule has 0 saturated carbocycles. The Balaban J connectivity index is 1.84. The molecule has 122 valence electrons. The van der Waals surface area contributed by atoms with Crippen LogP contribution in [0, 0.1) is 0 Å². The molecular formula is C16H16BN3O4. The van der Waals surface area contributed by atoms with Crippen LogP contribution in [0.5, 0.6) is 11.5 Å². The molecule has 24 heavy (non-hydrogen) atoms. The normalized spacial score (nSPS) is 10.6. The number of phenolic OH excluding ortho intramolecular Hbond substituents is 1. The number of rotatable bonds is 5. The number of methoxy groups -OCH3 is 1. The Morgan fingerprint density at radius 2 is 1.88 bits per heavy atom. The van der Waals surface area contributed by atoms with E-state index in [0.29, 0.717) is 29.1 Å². The average Bonchev–Trinajstić information content (AvgIpc) is 2.59. The summed E-state index contributed by atoms with van der Waals surface area (Å²) >= 11 is 0. The Morgan fingerprint density at radius 3 is 2.54 bits per heavy atom. The largest absolute Gasteiger partial charge is 0.504 e. The summed E-state index contributed by atoms with van der Waals surface area (Å²) in [6.45, 7) is 0.497. The summed E-state index contributed by atoms with van der Waals surface area (Å²) in [5, 5.41) is 32.0. The summed E-state index contributed by atoms with van der Waals surface area (Å²) in [5.41, 5.74) is 1.99. The minimum absolute atomic E-state index is 0.0211. The standard InChI is InChI=1S/C16H16BN3O4/c1-24-15-6-12-13(7-14(15)21)19-9-20-16(12)18-8-10-2-4-11(5-3-10)17(22)23/h2-7,9,21-23H,8H2,1H3,(H,18,19,20). The number of aromatic hydroxyl groups is 1. The third-order valence-electron chi connectivity index (χ3n) is 3.67. The molecule has 1 aromatic heterocycles. The van der Waals surface area contributed by atoms with Crippen LogP contribution in [0.1, 0.15) is 5.56 Å². The molecule has 0 unspecified atom stereocenters. The van der Waals surface area contributed by atoms with E-state index in [9.17, 15) is 5.11 Å². The van der Waals surface area contributed by atoms with Crippen molar-refractivity contribution in [2.45, 2.75) is 6.54 Å². The molecule has 0 fully saturated rings. The molecule has 7 nitrogen and oxygen atoms in total. The number of nitrogens with zero attached hydrogens (tertiary/aromatic N) is 2. The fourth-order valence-electron chi connectivity index (χ4n) is 2.37. The predicted octanol–water partition coefficient (Wildman–Crippen LogP) is 0.636. The van der Waals surface area contributed by atoms with E-state index in [1.54, 1.807) is 30.3 Å². The van der Waals surface area contributed by atoms with Crippen LogP contribution in [0.2, 0.25) is 0 Å². The van der Waals surface area contributed by atoms with Gasteiger partial charge in [-0.15, -0.1) is 0 Å². The second-order valence-corrected chi connectivity index (χ2v) is 5.23. The van der Waals surface area contributed by atoms with Crippen LogP contribution in [0.25, 0.3) is 10.9 Å². The molecule has 0 bridgehead atoms. The van der Waals surface area contributed by atoms with Crippen molar-refractivity contribution in [3.8, 4) is 11.5 Å². The first kappa shape index (κ1) is 16.0. The zero-order chi connectivity index (χ0) is 17.1. The van der Waals surface area contributed by atoms with Gasteiger partial charge in [-0.3, -0.25) is 0 Å². The van der Waals surface area contributed by atoms with Crippen LogP contribution in [0.3, 0.4) is 0 Å². The number of hydrogen-bond donors (Lipinski definition) is 4. The number of fused-ring (bicyclic) bond motifs is 1. The molecular weight excluding hydrogens is 309 g/mol. The molecule has 0 radical (unpaired) electrons. The van der Waals surface area contributed by atoms with Crippen molar-refractivity contribution in [1.29, 1.82) is 0 Å². The number of hydrogen-bond acceptors (Lipinski definition) is 7. The van der Waals surface area contributed by atoms with Crippen LogP contribution < -0.4 is 15.5 Å². The lowest BCUT2D eigenvalue weighted by Gasteiger charge is -2.11. The van der Waals surface area contributed by atoms with Gasteiger partial charge in [-0.05, 0) is 17.1 Å². The van der Waals surface area contributed by atoms with Crippen molar-refractivity contribution in [2.24, 2.45) is 0 Å². The van der Waals surface area contributed by atoms with Crippen molar-refractivity contribution >= 4 is 29.3 Å². The Kier molecular flexibility index (Phi) is 4.50. The van der Waals surface area contributed by atoms with Gasteiger partial charge < -0.3 is 25.2 Å². The van der Waals surface area contributed by atoms with Gasteiger partial charge in [0.25, 0.3) is 0 Å². The second kappa shape index (κ2) is 6.73. The molecule has 0 aliphatic heterocycles. The van der Waals surface area contributed by atoms with Crippen molar-refractivity contribution in [2.75, 3.05) is 12.4 Å². The molecule has 3 rings (SSSR count). The zero-order valence-electron chi connectivity index (χ0n) is 13.0. The number of benzene rings is 2. The Bertz CT molecular complexity index is 856. The molecule has 3 aromatic rings. The van der Waals surface area contributed by atoms with Gasteiger partial charge in [-0.2, -0.15) is 0 Å². The third-order valence-corrected chi connectivity index (χ3v) is 3.67. The Labute approximate surface area is 138 Å². The summed E-state index contributed by atoms with van der Waals surface area (Å²) in [6.07, 6.45) is 1.42. The number of anilines is 1. The number of aromatic nitrogens is 2. The topological polar surface area (TPSA) is 108 Å². The highest BCUT2D eigenvalue weighted by atomic mass is 16.5. The van der Waals surface area contributed by atoms with Gasteiger partial charge in [0.2, 0.25) is 0 Å². The average molecular weight is 325 g/mol. The molecule has 0 saturated heterocycles. The first-order valence-corrected chi connectivity index (χ1v) is 7.29. The van der Waals surface area contributed by atoms with Gasteiger partial charge in [0.1, 0.15) is 12.1 Å². The van der Waals surface area contributed by atoms with Crippen molar-refractivity contribution in [3.05, 3.63) is 48.3 Å². The minimum Gasteiger partial charge on any atom is -0.504 e. The highest BCUT2D eigenvalue weighted by molar-refractivity contribution is 6.58. The van der Waals surface area contributed by atoms with Crippen molar-refractivity contribution < 1.29 is 19.9 Å². The summed E-state index contributed by atoms with van der Waals surface area (Å²) in [6, 6.07) is 10.1. The van der Waals surface area contributed by atoms with E-state index in [4.69, 9.17) is 14.8 Å². The molecule has 2 aromatic carbocycles. The fraction of sp³-hybridized carbons (Fsp3) is 0.125. The predicted molar refractivity (Wildman–Crippen MR) is 91.3 cm³/mol. The van der Waals surface area contributed by atoms with Gasteiger partial charge >= 0.3 is 7.12 Å². The molecule has 0 amide bonds.